The quantitative estimate of drug-likeness (QED) is 0.893. The van der Waals surface area contributed by atoms with Gasteiger partial charge in [-0.1, -0.05) is 18.2 Å². The molecule has 0 aromatic heterocycles. The Labute approximate surface area is 156 Å². The monoisotopic (exact) mass is 365 g/mol. The number of carbonyl (C=O) groups is 2. The Morgan fingerprint density at radius 3 is 2.32 bits per heavy atom. The summed E-state index contributed by atoms with van der Waals surface area (Å²) in [5.74, 6) is 0.428. The molecule has 6 heteroatoms. The summed E-state index contributed by atoms with van der Waals surface area (Å²) in [6, 6.07) is 9.81. The average Bonchev–Trinajstić information content (AvgIpc) is 2.67. The first-order valence-electron chi connectivity index (χ1n) is 8.99. The Kier molecular flexibility index (Phi) is 7.26. The minimum absolute atomic E-state index is 0. The van der Waals surface area contributed by atoms with Gasteiger partial charge in [-0.2, -0.15) is 0 Å². The van der Waals surface area contributed by atoms with Gasteiger partial charge < -0.3 is 15.1 Å². The van der Waals surface area contributed by atoms with Crippen molar-refractivity contribution in [1.29, 1.82) is 0 Å². The minimum Gasteiger partial charge on any atom is -0.341 e. The second-order valence-corrected chi connectivity index (χ2v) is 6.84. The van der Waals surface area contributed by atoms with Gasteiger partial charge in [0.2, 0.25) is 5.91 Å². The maximum Gasteiger partial charge on any atom is 0.253 e. The number of rotatable bonds is 3. The van der Waals surface area contributed by atoms with Gasteiger partial charge in [-0.05, 0) is 44.9 Å². The van der Waals surface area contributed by atoms with Crippen LogP contribution in [0.4, 0.5) is 0 Å². The van der Waals surface area contributed by atoms with Crippen molar-refractivity contribution < 1.29 is 9.59 Å². The number of nitrogens with zero attached hydrogens (tertiary/aromatic N) is 2. The Bertz CT molecular complexity index is 573. The smallest absolute Gasteiger partial charge is 0.253 e. The van der Waals surface area contributed by atoms with E-state index < -0.39 is 0 Å². The summed E-state index contributed by atoms with van der Waals surface area (Å²) in [6.07, 6.45) is 3.77. The maximum absolute atomic E-state index is 12.8. The number of piperidine rings is 2. The van der Waals surface area contributed by atoms with E-state index in [0.29, 0.717) is 19.1 Å². The third-order valence-corrected chi connectivity index (χ3v) is 5.29. The van der Waals surface area contributed by atoms with E-state index in [1.165, 1.54) is 0 Å². The molecule has 0 bridgehead atoms. The van der Waals surface area contributed by atoms with Crippen LogP contribution in [0.1, 0.15) is 36.0 Å². The van der Waals surface area contributed by atoms with Gasteiger partial charge in [0.25, 0.3) is 5.91 Å². The maximum atomic E-state index is 12.8. The lowest BCUT2D eigenvalue weighted by atomic mass is 9.93. The van der Waals surface area contributed by atoms with Crippen LogP contribution in [-0.2, 0) is 4.79 Å². The van der Waals surface area contributed by atoms with Gasteiger partial charge in [-0.3, -0.25) is 9.59 Å². The third kappa shape index (κ3) is 4.73. The Morgan fingerprint density at radius 1 is 1.00 bits per heavy atom. The summed E-state index contributed by atoms with van der Waals surface area (Å²) in [6.45, 7) is 3.04. The molecule has 2 saturated heterocycles. The van der Waals surface area contributed by atoms with Crippen molar-refractivity contribution in [1.82, 2.24) is 15.1 Å². The molecule has 25 heavy (non-hydrogen) atoms. The molecule has 2 fully saturated rings. The van der Waals surface area contributed by atoms with Crippen LogP contribution in [0.25, 0.3) is 0 Å². The number of nitrogens with one attached hydrogen (secondary N) is 1. The van der Waals surface area contributed by atoms with Crippen molar-refractivity contribution in [3.05, 3.63) is 35.9 Å². The largest absolute Gasteiger partial charge is 0.341 e. The molecule has 2 aliphatic heterocycles. The van der Waals surface area contributed by atoms with Crippen molar-refractivity contribution in [3.63, 3.8) is 0 Å². The highest BCUT2D eigenvalue weighted by atomic mass is 35.5. The van der Waals surface area contributed by atoms with Crippen LogP contribution >= 0.6 is 12.4 Å². The van der Waals surface area contributed by atoms with E-state index in [2.05, 4.69) is 5.32 Å². The molecule has 3 rings (SSSR count). The standard InChI is InChI=1S/C19H27N3O2.ClH/c1-20-17-8-5-11-22(14-17)19(24)16-9-12-21(13-10-16)18(23)15-6-3-2-4-7-15;/h2-4,6-7,16-17,20H,5,8-14H2,1H3;1H. The highest BCUT2D eigenvalue weighted by Crippen LogP contribution is 2.23. The van der Waals surface area contributed by atoms with E-state index in [1.807, 2.05) is 47.2 Å². The molecule has 1 aromatic carbocycles. The van der Waals surface area contributed by atoms with E-state index in [9.17, 15) is 9.59 Å². The Balaban J connectivity index is 0.00000225. The third-order valence-electron chi connectivity index (χ3n) is 5.29. The van der Waals surface area contributed by atoms with Crippen LogP contribution in [0.5, 0.6) is 0 Å². The lowest BCUT2D eigenvalue weighted by Gasteiger charge is -2.37. The zero-order chi connectivity index (χ0) is 16.9. The molecule has 0 spiro atoms. The summed E-state index contributed by atoms with van der Waals surface area (Å²) < 4.78 is 0. The summed E-state index contributed by atoms with van der Waals surface area (Å²) in [7, 11) is 1.96. The van der Waals surface area contributed by atoms with E-state index >= 15 is 0 Å². The van der Waals surface area contributed by atoms with E-state index in [4.69, 9.17) is 0 Å². The summed E-state index contributed by atoms with van der Waals surface area (Å²) in [4.78, 5) is 29.1. The Hall–Kier alpha value is -1.59. The summed E-state index contributed by atoms with van der Waals surface area (Å²) in [5.41, 5.74) is 0.732. The van der Waals surface area contributed by atoms with Gasteiger partial charge in [-0.15, -0.1) is 12.4 Å². The molecular weight excluding hydrogens is 338 g/mol. The SMILES string of the molecule is CNC1CCCN(C(=O)C2CCN(C(=O)c3ccccc3)CC2)C1.Cl. The average molecular weight is 366 g/mol. The molecule has 1 N–H and O–H groups in total. The fraction of sp³-hybridized carbons (Fsp3) is 0.579. The minimum atomic E-state index is 0. The molecular formula is C19H28ClN3O2. The normalized spacial score (nSPS) is 21.6. The zero-order valence-electron chi connectivity index (χ0n) is 14.8. The molecule has 0 aliphatic carbocycles. The van der Waals surface area contributed by atoms with E-state index in [0.717, 1.165) is 44.3 Å². The molecule has 2 aliphatic rings. The summed E-state index contributed by atoms with van der Waals surface area (Å²) >= 11 is 0. The highest BCUT2D eigenvalue weighted by molar-refractivity contribution is 5.94. The van der Waals surface area contributed by atoms with Crippen LogP contribution in [0.15, 0.2) is 30.3 Å². The molecule has 0 radical (unpaired) electrons. The lowest BCUT2D eigenvalue weighted by Crippen LogP contribution is -2.50. The lowest BCUT2D eigenvalue weighted by molar-refractivity contribution is -0.138. The van der Waals surface area contributed by atoms with Crippen molar-refractivity contribution in [2.24, 2.45) is 5.92 Å². The molecule has 2 heterocycles. The van der Waals surface area contributed by atoms with Gasteiger partial charge in [-0.25, -0.2) is 0 Å². The molecule has 1 atom stereocenters. The van der Waals surface area contributed by atoms with Gasteiger partial charge >= 0.3 is 0 Å². The van der Waals surface area contributed by atoms with E-state index in [1.54, 1.807) is 0 Å². The van der Waals surface area contributed by atoms with Crippen LogP contribution in [0.2, 0.25) is 0 Å². The second-order valence-electron chi connectivity index (χ2n) is 6.84. The molecule has 0 saturated carbocycles. The second kappa shape index (κ2) is 9.20. The van der Waals surface area contributed by atoms with Gasteiger partial charge in [0.15, 0.2) is 0 Å². The summed E-state index contributed by atoms with van der Waals surface area (Å²) in [5, 5.41) is 3.29. The molecule has 2 amide bonds. The van der Waals surface area contributed by atoms with Crippen LogP contribution in [0.3, 0.4) is 0 Å². The molecule has 1 aromatic rings. The molecule has 5 nitrogen and oxygen atoms in total. The van der Waals surface area contributed by atoms with Gasteiger partial charge in [0, 0.05) is 43.7 Å². The van der Waals surface area contributed by atoms with Gasteiger partial charge in [0.1, 0.15) is 0 Å². The van der Waals surface area contributed by atoms with Crippen molar-refractivity contribution in [2.75, 3.05) is 33.2 Å². The van der Waals surface area contributed by atoms with Gasteiger partial charge in [0.05, 0.1) is 0 Å². The fourth-order valence-electron chi connectivity index (χ4n) is 3.76. The fourth-order valence-corrected chi connectivity index (χ4v) is 3.76. The molecule has 1 unspecified atom stereocenters. The number of likely N-dealkylation sites (N-methyl/N-ethyl adjacent to an activating group) is 1. The van der Waals surface area contributed by atoms with Crippen LogP contribution in [0, 0.1) is 5.92 Å². The van der Waals surface area contributed by atoms with Crippen LogP contribution < -0.4 is 5.32 Å². The predicted octanol–water partition coefficient (Wildman–Crippen LogP) is 2.17. The van der Waals surface area contributed by atoms with E-state index in [-0.39, 0.29) is 30.1 Å². The molecule has 138 valence electrons. The number of amides is 2. The van der Waals surface area contributed by atoms with Crippen LogP contribution in [-0.4, -0.2) is 60.9 Å². The van der Waals surface area contributed by atoms with Crippen molar-refractivity contribution in [3.8, 4) is 0 Å². The number of halogens is 1. The number of hydrogen-bond acceptors (Lipinski definition) is 3. The first-order chi connectivity index (χ1) is 11.7. The first-order valence-corrected chi connectivity index (χ1v) is 8.99. The zero-order valence-corrected chi connectivity index (χ0v) is 15.6. The first kappa shape index (κ1) is 19.7. The number of likely N-dealkylation sites (tertiary alicyclic amines) is 2. The number of carbonyl (C=O) groups excluding carboxylic acids is 2. The predicted molar refractivity (Wildman–Crippen MR) is 101 cm³/mol. The van der Waals surface area contributed by atoms with Crippen molar-refractivity contribution >= 4 is 24.2 Å². The topological polar surface area (TPSA) is 52.7 Å². The Morgan fingerprint density at radius 2 is 1.68 bits per heavy atom. The number of benzene rings is 1. The number of hydrogen-bond donors (Lipinski definition) is 1. The highest BCUT2D eigenvalue weighted by Gasteiger charge is 2.32. The van der Waals surface area contributed by atoms with Crippen molar-refractivity contribution in [2.45, 2.75) is 31.7 Å².